The number of carbonyl (C=O) groups excluding carboxylic acids is 1. The smallest absolute Gasteiger partial charge is 0.224 e. The molecule has 90 valence electrons. The second-order valence-electron chi connectivity index (χ2n) is 3.75. The molecule has 1 unspecified atom stereocenters. The minimum absolute atomic E-state index is 0. The molecule has 2 atom stereocenters. The molecule has 1 aliphatic rings. The van der Waals surface area contributed by atoms with Crippen LogP contribution >= 0.6 is 12.4 Å². The van der Waals surface area contributed by atoms with Crippen LogP contribution in [0.15, 0.2) is 0 Å². The molecule has 15 heavy (non-hydrogen) atoms. The molecule has 0 aliphatic carbocycles. The summed E-state index contributed by atoms with van der Waals surface area (Å²) in [6.07, 6.45) is 0.436. The average Bonchev–Trinajstić information content (AvgIpc) is 2.46. The molecule has 0 aromatic rings. The van der Waals surface area contributed by atoms with E-state index in [1.54, 1.807) is 6.92 Å². The van der Waals surface area contributed by atoms with Crippen LogP contribution in [0.2, 0.25) is 0 Å². The van der Waals surface area contributed by atoms with Crippen molar-refractivity contribution >= 4 is 28.2 Å². The summed E-state index contributed by atoms with van der Waals surface area (Å²) in [5, 5.41) is 2.68. The van der Waals surface area contributed by atoms with Gasteiger partial charge in [-0.1, -0.05) is 0 Å². The molecule has 1 aliphatic heterocycles. The first kappa shape index (κ1) is 14.7. The Morgan fingerprint density at radius 3 is 2.60 bits per heavy atom. The molecule has 7 heteroatoms. The lowest BCUT2D eigenvalue weighted by Gasteiger charge is -2.14. The third-order valence-corrected chi connectivity index (χ3v) is 4.11. The largest absolute Gasteiger partial charge is 0.352 e. The first-order valence-electron chi connectivity index (χ1n) is 4.65. The van der Waals surface area contributed by atoms with Crippen LogP contribution in [0.3, 0.4) is 0 Å². The van der Waals surface area contributed by atoms with Gasteiger partial charge in [0.05, 0.1) is 17.4 Å². The summed E-state index contributed by atoms with van der Waals surface area (Å²) < 4.78 is 22.2. The summed E-state index contributed by atoms with van der Waals surface area (Å²) in [4.78, 5) is 11.5. The SMILES string of the molecule is C[C@@H](CN)NC(=O)C1CCS(=O)(=O)C1.Cl. The molecule has 0 aromatic carbocycles. The molecule has 1 amide bonds. The van der Waals surface area contributed by atoms with Crippen molar-refractivity contribution in [1.29, 1.82) is 0 Å². The lowest BCUT2D eigenvalue weighted by molar-refractivity contribution is -0.124. The van der Waals surface area contributed by atoms with Gasteiger partial charge in [-0.15, -0.1) is 12.4 Å². The van der Waals surface area contributed by atoms with Gasteiger partial charge in [-0.05, 0) is 13.3 Å². The summed E-state index contributed by atoms with van der Waals surface area (Å²) in [6.45, 7) is 2.16. The van der Waals surface area contributed by atoms with Crippen LogP contribution < -0.4 is 11.1 Å². The Morgan fingerprint density at radius 2 is 2.20 bits per heavy atom. The molecular weight excluding hydrogens is 240 g/mol. The van der Waals surface area contributed by atoms with Crippen molar-refractivity contribution in [3.63, 3.8) is 0 Å². The Balaban J connectivity index is 0.00000196. The van der Waals surface area contributed by atoms with E-state index >= 15 is 0 Å². The quantitative estimate of drug-likeness (QED) is 0.699. The van der Waals surface area contributed by atoms with E-state index in [1.807, 2.05) is 0 Å². The van der Waals surface area contributed by atoms with E-state index in [1.165, 1.54) is 0 Å². The number of sulfone groups is 1. The van der Waals surface area contributed by atoms with E-state index in [4.69, 9.17) is 5.73 Å². The Kier molecular flexibility index (Phi) is 5.55. The maximum atomic E-state index is 11.5. The van der Waals surface area contributed by atoms with Crippen LogP contribution in [0.25, 0.3) is 0 Å². The second kappa shape index (κ2) is 5.67. The van der Waals surface area contributed by atoms with Crippen LogP contribution in [0, 0.1) is 5.92 Å². The second-order valence-corrected chi connectivity index (χ2v) is 5.97. The van der Waals surface area contributed by atoms with Gasteiger partial charge in [0.25, 0.3) is 0 Å². The Bertz CT molecular complexity index is 318. The summed E-state index contributed by atoms with van der Waals surface area (Å²) in [7, 11) is -2.98. The minimum Gasteiger partial charge on any atom is -0.352 e. The number of halogens is 1. The average molecular weight is 257 g/mol. The molecule has 3 N–H and O–H groups in total. The monoisotopic (exact) mass is 256 g/mol. The maximum absolute atomic E-state index is 11.5. The molecule has 0 radical (unpaired) electrons. The third-order valence-electron chi connectivity index (χ3n) is 2.35. The fourth-order valence-electron chi connectivity index (χ4n) is 1.42. The topological polar surface area (TPSA) is 89.3 Å². The van der Waals surface area contributed by atoms with Gasteiger partial charge in [0.1, 0.15) is 0 Å². The number of amides is 1. The van der Waals surface area contributed by atoms with Crippen molar-refractivity contribution in [1.82, 2.24) is 5.32 Å². The predicted octanol–water partition coefficient (Wildman–Crippen LogP) is -0.694. The van der Waals surface area contributed by atoms with E-state index in [9.17, 15) is 13.2 Å². The van der Waals surface area contributed by atoms with Gasteiger partial charge in [-0.2, -0.15) is 0 Å². The molecule has 1 rings (SSSR count). The van der Waals surface area contributed by atoms with Crippen LogP contribution in [-0.4, -0.2) is 38.4 Å². The zero-order chi connectivity index (χ0) is 10.8. The van der Waals surface area contributed by atoms with E-state index in [-0.39, 0.29) is 41.8 Å². The van der Waals surface area contributed by atoms with Crippen LogP contribution in [0.4, 0.5) is 0 Å². The van der Waals surface area contributed by atoms with Crippen molar-refractivity contribution in [2.24, 2.45) is 11.7 Å². The Hall–Kier alpha value is -0.330. The van der Waals surface area contributed by atoms with Crippen molar-refractivity contribution in [2.45, 2.75) is 19.4 Å². The van der Waals surface area contributed by atoms with Gasteiger partial charge in [0, 0.05) is 12.6 Å². The summed E-state index contributed by atoms with van der Waals surface area (Å²) in [5.74, 6) is -0.462. The van der Waals surface area contributed by atoms with E-state index in [0.717, 1.165) is 0 Å². The van der Waals surface area contributed by atoms with Gasteiger partial charge in [-0.25, -0.2) is 8.42 Å². The van der Waals surface area contributed by atoms with Crippen molar-refractivity contribution in [2.75, 3.05) is 18.1 Å². The molecule has 0 saturated carbocycles. The highest BCUT2D eigenvalue weighted by molar-refractivity contribution is 7.91. The summed E-state index contributed by atoms with van der Waals surface area (Å²) in [5.41, 5.74) is 5.34. The van der Waals surface area contributed by atoms with Gasteiger partial charge in [0.2, 0.25) is 5.91 Å². The first-order chi connectivity index (χ1) is 6.44. The zero-order valence-corrected chi connectivity index (χ0v) is 10.2. The standard InChI is InChI=1S/C8H16N2O3S.ClH/c1-6(4-9)10-8(11)7-2-3-14(12,13)5-7;/h6-7H,2-5,9H2,1H3,(H,10,11);1H/t6-,7?;/m0./s1. The Labute approximate surface area is 96.1 Å². The molecule has 0 bridgehead atoms. The molecule has 1 fully saturated rings. The molecular formula is C8H17ClN2O3S. The zero-order valence-electron chi connectivity index (χ0n) is 8.60. The molecule has 1 heterocycles. The van der Waals surface area contributed by atoms with Crippen molar-refractivity contribution in [3.05, 3.63) is 0 Å². The summed E-state index contributed by atoms with van der Waals surface area (Å²) >= 11 is 0. The van der Waals surface area contributed by atoms with E-state index < -0.39 is 9.84 Å². The highest BCUT2D eigenvalue weighted by Crippen LogP contribution is 2.18. The van der Waals surface area contributed by atoms with Crippen molar-refractivity contribution in [3.8, 4) is 0 Å². The number of nitrogens with one attached hydrogen (secondary N) is 1. The van der Waals surface area contributed by atoms with Crippen molar-refractivity contribution < 1.29 is 13.2 Å². The fourth-order valence-corrected chi connectivity index (χ4v) is 3.16. The molecule has 0 aromatic heterocycles. The van der Waals surface area contributed by atoms with Gasteiger partial charge in [-0.3, -0.25) is 4.79 Å². The molecule has 1 saturated heterocycles. The molecule has 0 spiro atoms. The highest BCUT2D eigenvalue weighted by Gasteiger charge is 2.33. The number of rotatable bonds is 3. The normalized spacial score (nSPS) is 25.3. The summed E-state index contributed by atoms with van der Waals surface area (Å²) in [6, 6.07) is -0.0918. The minimum atomic E-state index is -2.98. The first-order valence-corrected chi connectivity index (χ1v) is 6.47. The van der Waals surface area contributed by atoms with E-state index in [2.05, 4.69) is 5.32 Å². The van der Waals surface area contributed by atoms with Gasteiger partial charge in [0.15, 0.2) is 9.84 Å². The molecule has 5 nitrogen and oxygen atoms in total. The lowest BCUT2D eigenvalue weighted by Crippen LogP contribution is -2.41. The Morgan fingerprint density at radius 1 is 1.60 bits per heavy atom. The van der Waals surface area contributed by atoms with E-state index in [0.29, 0.717) is 13.0 Å². The van der Waals surface area contributed by atoms with Gasteiger partial charge < -0.3 is 11.1 Å². The fraction of sp³-hybridized carbons (Fsp3) is 0.875. The van der Waals surface area contributed by atoms with Crippen LogP contribution in [0.1, 0.15) is 13.3 Å². The highest BCUT2D eigenvalue weighted by atomic mass is 35.5. The number of hydrogen-bond donors (Lipinski definition) is 2. The van der Waals surface area contributed by atoms with Crippen LogP contribution in [0.5, 0.6) is 0 Å². The number of hydrogen-bond acceptors (Lipinski definition) is 4. The predicted molar refractivity (Wildman–Crippen MR) is 60.7 cm³/mol. The third kappa shape index (κ3) is 4.36. The van der Waals surface area contributed by atoms with Gasteiger partial charge >= 0.3 is 0 Å². The number of carbonyl (C=O) groups is 1. The lowest BCUT2D eigenvalue weighted by atomic mass is 10.1. The number of nitrogens with two attached hydrogens (primary N) is 1. The van der Waals surface area contributed by atoms with Crippen LogP contribution in [-0.2, 0) is 14.6 Å². The maximum Gasteiger partial charge on any atom is 0.224 e.